The Morgan fingerprint density at radius 1 is 1.00 bits per heavy atom. The molecule has 0 aliphatic rings. The van der Waals surface area contributed by atoms with Crippen molar-refractivity contribution < 1.29 is 17.9 Å². The summed E-state index contributed by atoms with van der Waals surface area (Å²) >= 11 is 3.48. The summed E-state index contributed by atoms with van der Waals surface area (Å²) in [5, 5.41) is 0.729. The first-order valence-electron chi connectivity index (χ1n) is 13.8. The van der Waals surface area contributed by atoms with Crippen LogP contribution in [-0.2, 0) is 32.6 Å². The average molecular weight is 642 g/mol. The molecule has 2 aromatic carbocycles. The Kier molecular flexibility index (Phi) is 11.1. The summed E-state index contributed by atoms with van der Waals surface area (Å²) < 4.78 is 37.6. The molecule has 1 amide bonds. The number of sulfonamides is 1. The molecule has 0 N–H and O–H groups in total. The van der Waals surface area contributed by atoms with E-state index in [1.807, 2.05) is 42.6 Å². The molecule has 41 heavy (non-hydrogen) atoms. The maximum atomic E-state index is 14.0. The van der Waals surface area contributed by atoms with Gasteiger partial charge in [-0.05, 0) is 54.8 Å². The molecular weight excluding hydrogens is 604 g/mol. The SMILES string of the molecule is CCCCN(Cc1cccn1Cc1ccc(Br)cc1)C(=O)CN(CCCOC)S(=O)(=O)c1cccc2cccnc12. The Morgan fingerprint density at radius 3 is 2.54 bits per heavy atom. The van der Waals surface area contributed by atoms with Crippen molar-refractivity contribution >= 4 is 42.8 Å². The second-order valence-electron chi connectivity index (χ2n) is 9.94. The molecule has 2 heterocycles. The summed E-state index contributed by atoms with van der Waals surface area (Å²) in [5.41, 5.74) is 2.54. The number of benzene rings is 2. The van der Waals surface area contributed by atoms with Gasteiger partial charge in [-0.15, -0.1) is 0 Å². The van der Waals surface area contributed by atoms with Gasteiger partial charge in [-0.2, -0.15) is 4.31 Å². The lowest BCUT2D eigenvalue weighted by molar-refractivity contribution is -0.132. The molecule has 0 atom stereocenters. The van der Waals surface area contributed by atoms with Gasteiger partial charge in [0.2, 0.25) is 15.9 Å². The Balaban J connectivity index is 1.58. The highest BCUT2D eigenvalue weighted by atomic mass is 79.9. The van der Waals surface area contributed by atoms with Gasteiger partial charge in [0.1, 0.15) is 4.90 Å². The molecule has 0 spiro atoms. The molecule has 0 saturated carbocycles. The third-order valence-corrected chi connectivity index (χ3v) is 9.36. The number of aromatic nitrogens is 2. The number of carbonyl (C=O) groups excluding carboxylic acids is 1. The summed E-state index contributed by atoms with van der Waals surface area (Å²) in [7, 11) is -2.44. The zero-order chi connectivity index (χ0) is 29.2. The number of unbranched alkanes of at least 4 members (excludes halogenated alkanes) is 1. The molecule has 4 aromatic rings. The monoisotopic (exact) mass is 640 g/mol. The van der Waals surface area contributed by atoms with Crippen molar-refractivity contribution in [3.63, 3.8) is 0 Å². The Labute approximate surface area is 251 Å². The number of ether oxygens (including phenoxy) is 1. The van der Waals surface area contributed by atoms with Crippen LogP contribution in [0.3, 0.4) is 0 Å². The van der Waals surface area contributed by atoms with Crippen LogP contribution in [0.1, 0.15) is 37.4 Å². The van der Waals surface area contributed by atoms with Crippen molar-refractivity contribution in [2.75, 3.05) is 33.4 Å². The van der Waals surface area contributed by atoms with E-state index < -0.39 is 10.0 Å². The minimum Gasteiger partial charge on any atom is -0.385 e. The van der Waals surface area contributed by atoms with E-state index in [0.29, 0.717) is 38.2 Å². The van der Waals surface area contributed by atoms with E-state index in [-0.39, 0.29) is 23.9 Å². The summed E-state index contributed by atoms with van der Waals surface area (Å²) in [6.45, 7) is 3.98. The number of rotatable bonds is 15. The normalized spacial score (nSPS) is 11.8. The molecule has 0 saturated heterocycles. The highest BCUT2D eigenvalue weighted by Crippen LogP contribution is 2.25. The first-order valence-corrected chi connectivity index (χ1v) is 16.1. The fourth-order valence-electron chi connectivity index (χ4n) is 4.71. The number of halogens is 1. The molecule has 0 bridgehead atoms. The van der Waals surface area contributed by atoms with Crippen molar-refractivity contribution in [3.8, 4) is 0 Å². The number of nitrogens with zero attached hydrogens (tertiary/aromatic N) is 4. The standard InChI is InChI=1S/C31H37BrN4O4S/c1-3-4-18-35(23-28-11-7-19-34(28)22-25-13-15-27(32)16-14-25)30(37)24-36(20-8-21-40-2)41(38,39)29-12-5-9-26-10-6-17-33-31(26)29/h5-7,9-17,19H,3-4,8,18,20-24H2,1-2H3. The lowest BCUT2D eigenvalue weighted by atomic mass is 10.2. The third kappa shape index (κ3) is 8.03. The number of methoxy groups -OCH3 is 1. The Hall–Kier alpha value is -3.05. The maximum absolute atomic E-state index is 14.0. The van der Waals surface area contributed by atoms with E-state index in [4.69, 9.17) is 4.74 Å². The zero-order valence-electron chi connectivity index (χ0n) is 23.6. The number of amides is 1. The fourth-order valence-corrected chi connectivity index (χ4v) is 6.57. The molecule has 0 fully saturated rings. The molecule has 2 aromatic heterocycles. The quantitative estimate of drug-likeness (QED) is 0.156. The van der Waals surface area contributed by atoms with E-state index in [1.54, 1.807) is 36.4 Å². The minimum absolute atomic E-state index is 0.101. The zero-order valence-corrected chi connectivity index (χ0v) is 26.0. The van der Waals surface area contributed by atoms with Gasteiger partial charge in [-0.1, -0.05) is 59.6 Å². The fraction of sp³-hybridized carbons (Fsp3) is 0.355. The van der Waals surface area contributed by atoms with Crippen LogP contribution in [0.5, 0.6) is 0 Å². The van der Waals surface area contributed by atoms with Crippen LogP contribution in [0.4, 0.5) is 0 Å². The van der Waals surface area contributed by atoms with Gasteiger partial charge in [0.25, 0.3) is 0 Å². The van der Waals surface area contributed by atoms with Gasteiger partial charge in [-0.3, -0.25) is 9.78 Å². The second kappa shape index (κ2) is 14.7. The van der Waals surface area contributed by atoms with Crippen LogP contribution >= 0.6 is 15.9 Å². The van der Waals surface area contributed by atoms with Crippen LogP contribution in [0.2, 0.25) is 0 Å². The predicted molar refractivity (Wildman–Crippen MR) is 165 cm³/mol. The Bertz CT molecular complexity index is 1530. The van der Waals surface area contributed by atoms with Gasteiger partial charge in [0.15, 0.2) is 0 Å². The van der Waals surface area contributed by atoms with Crippen molar-refractivity contribution in [1.29, 1.82) is 0 Å². The van der Waals surface area contributed by atoms with E-state index in [2.05, 4.69) is 44.5 Å². The van der Waals surface area contributed by atoms with Gasteiger partial charge in [-0.25, -0.2) is 8.42 Å². The molecule has 0 aliphatic carbocycles. The smallest absolute Gasteiger partial charge is 0.245 e. The van der Waals surface area contributed by atoms with Crippen molar-refractivity contribution in [2.45, 2.75) is 44.2 Å². The van der Waals surface area contributed by atoms with Gasteiger partial charge in [0, 0.05) is 61.3 Å². The number of hydrogen-bond donors (Lipinski definition) is 0. The molecule has 0 aliphatic heterocycles. The van der Waals surface area contributed by atoms with Crippen molar-refractivity contribution in [1.82, 2.24) is 18.8 Å². The van der Waals surface area contributed by atoms with E-state index in [0.717, 1.165) is 34.0 Å². The topological polar surface area (TPSA) is 84.7 Å². The summed E-state index contributed by atoms with van der Waals surface area (Å²) in [4.78, 5) is 20.1. The van der Waals surface area contributed by atoms with Crippen LogP contribution in [-0.4, -0.2) is 66.4 Å². The minimum atomic E-state index is -4.01. The van der Waals surface area contributed by atoms with Crippen LogP contribution in [0.15, 0.2) is 88.5 Å². The number of pyridine rings is 1. The Morgan fingerprint density at radius 2 is 1.78 bits per heavy atom. The van der Waals surface area contributed by atoms with Crippen LogP contribution < -0.4 is 0 Å². The van der Waals surface area contributed by atoms with Gasteiger partial charge in [0.05, 0.1) is 18.6 Å². The van der Waals surface area contributed by atoms with E-state index in [9.17, 15) is 13.2 Å². The molecule has 218 valence electrons. The van der Waals surface area contributed by atoms with Crippen LogP contribution in [0.25, 0.3) is 10.9 Å². The third-order valence-electron chi connectivity index (χ3n) is 6.96. The van der Waals surface area contributed by atoms with Crippen LogP contribution in [0, 0.1) is 0 Å². The lowest BCUT2D eigenvalue weighted by Crippen LogP contribution is -2.43. The van der Waals surface area contributed by atoms with Crippen molar-refractivity contribution in [2.24, 2.45) is 0 Å². The van der Waals surface area contributed by atoms with Gasteiger partial charge >= 0.3 is 0 Å². The molecule has 8 nitrogen and oxygen atoms in total. The maximum Gasteiger partial charge on any atom is 0.245 e. The molecule has 0 unspecified atom stereocenters. The molecule has 10 heteroatoms. The summed E-state index contributed by atoms with van der Waals surface area (Å²) in [6, 6.07) is 20.9. The highest BCUT2D eigenvalue weighted by Gasteiger charge is 2.30. The number of carbonyl (C=O) groups is 1. The predicted octanol–water partition coefficient (Wildman–Crippen LogP) is 5.70. The largest absolute Gasteiger partial charge is 0.385 e. The number of hydrogen-bond acceptors (Lipinski definition) is 5. The first-order chi connectivity index (χ1) is 19.8. The van der Waals surface area contributed by atoms with E-state index >= 15 is 0 Å². The van der Waals surface area contributed by atoms with E-state index in [1.165, 1.54) is 4.31 Å². The number of para-hydroxylation sites is 1. The number of fused-ring (bicyclic) bond motifs is 1. The highest BCUT2D eigenvalue weighted by molar-refractivity contribution is 9.10. The average Bonchev–Trinajstić information content (AvgIpc) is 3.41. The summed E-state index contributed by atoms with van der Waals surface area (Å²) in [5.74, 6) is -0.232. The van der Waals surface area contributed by atoms with Crippen molar-refractivity contribution in [3.05, 3.63) is 94.9 Å². The lowest BCUT2D eigenvalue weighted by Gasteiger charge is -2.28. The first kappa shape index (κ1) is 30.9. The molecular formula is C31H37BrN4O4S. The summed E-state index contributed by atoms with van der Waals surface area (Å²) in [6.07, 6.45) is 5.79. The molecule has 0 radical (unpaired) electrons. The second-order valence-corrected chi connectivity index (χ2v) is 12.8. The van der Waals surface area contributed by atoms with Gasteiger partial charge < -0.3 is 14.2 Å². The molecule has 4 rings (SSSR count).